The van der Waals surface area contributed by atoms with Gasteiger partial charge in [0.05, 0.1) is 18.2 Å². The smallest absolute Gasteiger partial charge is 0.275 e. The third-order valence-corrected chi connectivity index (χ3v) is 5.78. The quantitative estimate of drug-likeness (QED) is 0.597. The molecule has 0 spiro atoms. The summed E-state index contributed by atoms with van der Waals surface area (Å²) in [7, 11) is 0. The Balaban J connectivity index is 1.52. The van der Waals surface area contributed by atoms with Gasteiger partial charge in [-0.15, -0.1) is 0 Å². The van der Waals surface area contributed by atoms with Crippen molar-refractivity contribution in [2.45, 2.75) is 44.4 Å². The molecule has 2 aliphatic rings. The third-order valence-electron chi connectivity index (χ3n) is 5.78. The van der Waals surface area contributed by atoms with Crippen molar-refractivity contribution in [3.63, 3.8) is 0 Å². The number of rotatable bonds is 8. The van der Waals surface area contributed by atoms with Gasteiger partial charge in [0.2, 0.25) is 0 Å². The summed E-state index contributed by atoms with van der Waals surface area (Å²) in [5.74, 6) is -0.352. The van der Waals surface area contributed by atoms with E-state index in [9.17, 15) is 4.79 Å². The van der Waals surface area contributed by atoms with Gasteiger partial charge >= 0.3 is 0 Å². The van der Waals surface area contributed by atoms with Crippen LogP contribution in [0, 0.1) is 11.3 Å². The van der Waals surface area contributed by atoms with Gasteiger partial charge in [0.15, 0.2) is 0 Å². The van der Waals surface area contributed by atoms with E-state index in [1.165, 1.54) is 0 Å². The molecule has 0 fully saturated rings. The van der Waals surface area contributed by atoms with Crippen LogP contribution in [-0.2, 0) is 21.8 Å². The predicted octanol–water partition coefficient (Wildman–Crippen LogP) is 4.23. The van der Waals surface area contributed by atoms with Crippen LogP contribution in [0.15, 0.2) is 77.4 Å². The van der Waals surface area contributed by atoms with E-state index in [1.807, 2.05) is 37.3 Å². The van der Waals surface area contributed by atoms with Crippen LogP contribution in [0.4, 0.5) is 0 Å². The highest BCUT2D eigenvalue weighted by Crippen LogP contribution is 2.42. The maximum absolute atomic E-state index is 13.1. The normalized spacial score (nSPS) is 23.1. The minimum atomic E-state index is -0.739. The fourth-order valence-electron chi connectivity index (χ4n) is 4.16. The lowest BCUT2D eigenvalue weighted by molar-refractivity contribution is -0.0418. The summed E-state index contributed by atoms with van der Waals surface area (Å²) in [5, 5.41) is 8.90. The molecule has 0 saturated carbocycles. The van der Waals surface area contributed by atoms with Crippen LogP contribution in [-0.4, -0.2) is 17.7 Å². The number of nitrogens with zero attached hydrogens (tertiary/aromatic N) is 2. The van der Waals surface area contributed by atoms with Crippen LogP contribution in [0.2, 0.25) is 0 Å². The molecule has 2 unspecified atom stereocenters. The minimum Gasteiger partial charge on any atom is -0.277 e. The van der Waals surface area contributed by atoms with Crippen molar-refractivity contribution in [3.8, 4) is 6.07 Å². The zero-order valence-electron chi connectivity index (χ0n) is 18.7. The Bertz CT molecular complexity index is 1150. The van der Waals surface area contributed by atoms with Crippen molar-refractivity contribution >= 4 is 12.1 Å². The topological polar surface area (TPSA) is 95.7 Å². The van der Waals surface area contributed by atoms with Crippen molar-refractivity contribution in [1.29, 1.82) is 5.26 Å². The van der Waals surface area contributed by atoms with Crippen LogP contribution in [0.3, 0.4) is 0 Å². The maximum Gasteiger partial charge on any atom is 0.275 e. The SMILES string of the molecule is CCC1=CC(C)(CC2(c3ccccc3C(=O)NOCc3ccc(C#N)cc3)C=CC=N2)ON1. The molecule has 2 aromatic carbocycles. The summed E-state index contributed by atoms with van der Waals surface area (Å²) < 4.78 is 0. The van der Waals surface area contributed by atoms with E-state index in [0.29, 0.717) is 17.5 Å². The maximum atomic E-state index is 13.1. The molecule has 2 heterocycles. The first-order valence-electron chi connectivity index (χ1n) is 10.9. The van der Waals surface area contributed by atoms with E-state index in [4.69, 9.17) is 19.9 Å². The fourth-order valence-corrected chi connectivity index (χ4v) is 4.16. The highest BCUT2D eigenvalue weighted by atomic mass is 16.7. The summed E-state index contributed by atoms with van der Waals surface area (Å²) in [4.78, 5) is 29.2. The predicted molar refractivity (Wildman–Crippen MR) is 125 cm³/mol. The molecule has 33 heavy (non-hydrogen) atoms. The Hall–Kier alpha value is -3.73. The lowest BCUT2D eigenvalue weighted by Gasteiger charge is -2.33. The Morgan fingerprint density at radius 1 is 1.24 bits per heavy atom. The third kappa shape index (κ3) is 4.87. The van der Waals surface area contributed by atoms with E-state index >= 15 is 0 Å². The van der Waals surface area contributed by atoms with Gasteiger partial charge in [-0.25, -0.2) is 5.48 Å². The van der Waals surface area contributed by atoms with Crippen molar-refractivity contribution in [2.75, 3.05) is 0 Å². The van der Waals surface area contributed by atoms with E-state index in [-0.39, 0.29) is 12.5 Å². The van der Waals surface area contributed by atoms with E-state index in [1.54, 1.807) is 36.5 Å². The van der Waals surface area contributed by atoms with Crippen molar-refractivity contribution in [1.82, 2.24) is 11.0 Å². The van der Waals surface area contributed by atoms with Crippen molar-refractivity contribution in [2.24, 2.45) is 4.99 Å². The first kappa shape index (κ1) is 22.5. The second-order valence-electron chi connectivity index (χ2n) is 8.35. The van der Waals surface area contributed by atoms with E-state index < -0.39 is 11.1 Å². The number of benzene rings is 2. The minimum absolute atomic E-state index is 0.185. The summed E-state index contributed by atoms with van der Waals surface area (Å²) >= 11 is 0. The molecule has 0 saturated heterocycles. The molecule has 168 valence electrons. The Labute approximate surface area is 193 Å². The first-order chi connectivity index (χ1) is 16.0. The molecule has 2 atom stereocenters. The number of amides is 1. The molecule has 7 nitrogen and oxygen atoms in total. The summed E-state index contributed by atoms with van der Waals surface area (Å²) in [6.45, 7) is 4.26. The van der Waals surface area contributed by atoms with Gasteiger partial charge in [-0.1, -0.05) is 43.3 Å². The number of nitriles is 1. The highest BCUT2D eigenvalue weighted by Gasteiger charge is 2.43. The summed E-state index contributed by atoms with van der Waals surface area (Å²) in [6, 6.07) is 16.5. The number of hydrogen-bond acceptors (Lipinski definition) is 6. The monoisotopic (exact) mass is 442 g/mol. The average molecular weight is 443 g/mol. The molecule has 1 amide bonds. The van der Waals surface area contributed by atoms with Gasteiger partial charge in [-0.3, -0.25) is 24.9 Å². The number of aliphatic imine (C=N–C) groups is 1. The average Bonchev–Trinajstić information content (AvgIpc) is 3.46. The van der Waals surface area contributed by atoms with Gasteiger partial charge in [0.25, 0.3) is 5.91 Å². The highest BCUT2D eigenvalue weighted by molar-refractivity contribution is 5.96. The summed E-state index contributed by atoms with van der Waals surface area (Å²) in [6.07, 6.45) is 9.11. The molecular weight excluding hydrogens is 416 g/mol. The van der Waals surface area contributed by atoms with Gasteiger partial charge < -0.3 is 0 Å². The number of hydroxylamine groups is 2. The van der Waals surface area contributed by atoms with Crippen LogP contribution in [0.1, 0.15) is 53.7 Å². The van der Waals surface area contributed by atoms with Crippen LogP contribution in [0.25, 0.3) is 0 Å². The molecule has 7 heteroatoms. The largest absolute Gasteiger partial charge is 0.277 e. The zero-order valence-corrected chi connectivity index (χ0v) is 18.7. The second kappa shape index (κ2) is 9.41. The number of carbonyl (C=O) groups excluding carboxylic acids is 1. The van der Waals surface area contributed by atoms with Gasteiger partial charge in [0, 0.05) is 23.9 Å². The lowest BCUT2D eigenvalue weighted by atomic mass is 9.78. The molecular formula is C26H26N4O3. The van der Waals surface area contributed by atoms with Gasteiger partial charge in [0.1, 0.15) is 11.1 Å². The van der Waals surface area contributed by atoms with E-state index in [0.717, 1.165) is 23.2 Å². The number of carbonyl (C=O) groups is 1. The number of hydrogen-bond donors (Lipinski definition) is 2. The Morgan fingerprint density at radius 2 is 2.03 bits per heavy atom. The van der Waals surface area contributed by atoms with E-state index in [2.05, 4.69) is 30.0 Å². The lowest BCUT2D eigenvalue weighted by Crippen LogP contribution is -2.37. The van der Waals surface area contributed by atoms with Crippen LogP contribution < -0.4 is 11.0 Å². The molecule has 0 radical (unpaired) electrons. The Morgan fingerprint density at radius 3 is 2.70 bits per heavy atom. The fraction of sp³-hybridized carbons (Fsp3) is 0.269. The van der Waals surface area contributed by atoms with Crippen molar-refractivity contribution < 1.29 is 14.5 Å². The van der Waals surface area contributed by atoms with Gasteiger partial charge in [-0.05, 0) is 54.8 Å². The molecule has 0 aromatic heterocycles. The van der Waals surface area contributed by atoms with Gasteiger partial charge in [-0.2, -0.15) is 5.26 Å². The molecule has 2 aliphatic heterocycles. The first-order valence-corrected chi connectivity index (χ1v) is 10.9. The number of nitrogens with one attached hydrogen (secondary N) is 2. The zero-order chi connectivity index (χ0) is 23.3. The molecule has 0 bridgehead atoms. The molecule has 4 rings (SSSR count). The standard InChI is InChI=1S/C26H26N4O3/c1-3-21-15-25(2,33-29-21)18-26(13-6-14-28-26)23-8-5-4-7-22(23)24(31)30-32-17-20-11-9-19(16-27)10-12-20/h4-15,29H,3,17-18H2,1-2H3,(H,30,31). The van der Waals surface area contributed by atoms with Crippen LogP contribution in [0.5, 0.6) is 0 Å². The van der Waals surface area contributed by atoms with Crippen molar-refractivity contribution in [3.05, 3.63) is 94.7 Å². The molecule has 0 aliphatic carbocycles. The molecule has 2 aromatic rings. The Kier molecular flexibility index (Phi) is 6.40. The molecule has 2 N–H and O–H groups in total. The number of allylic oxidation sites excluding steroid dienone is 2. The summed E-state index contributed by atoms with van der Waals surface area (Å²) in [5.41, 5.74) is 7.93. The van der Waals surface area contributed by atoms with Crippen LogP contribution >= 0.6 is 0 Å². The second-order valence-corrected chi connectivity index (χ2v) is 8.35.